The van der Waals surface area contributed by atoms with Gasteiger partial charge in [0.1, 0.15) is 5.75 Å². The molecule has 0 spiro atoms. The van der Waals surface area contributed by atoms with Crippen molar-refractivity contribution in [3.05, 3.63) is 30.4 Å². The lowest BCUT2D eigenvalue weighted by molar-refractivity contribution is 0.319. The van der Waals surface area contributed by atoms with Crippen LogP contribution in [0.5, 0.6) is 5.75 Å². The summed E-state index contributed by atoms with van der Waals surface area (Å²) in [5.41, 5.74) is 7.53. The molecule has 2 aromatic rings. The average molecular weight is 262 g/mol. The number of hydrogen-bond acceptors (Lipinski definition) is 6. The zero-order valence-corrected chi connectivity index (χ0v) is 10.9. The van der Waals surface area contributed by atoms with Gasteiger partial charge in [-0.2, -0.15) is 4.98 Å². The standard InChI is InChI=1S/C13H18N4O2/c1-2-8-18-11-5-3-4-10(13(11)14)15-7-6-12-16-9-19-17-12/h3-5,9,15H,2,6-8,14H2,1H3. The van der Waals surface area contributed by atoms with Crippen LogP contribution in [0.2, 0.25) is 0 Å². The van der Waals surface area contributed by atoms with Crippen LogP contribution in [0.3, 0.4) is 0 Å². The minimum absolute atomic E-state index is 0.629. The molecule has 0 aliphatic heterocycles. The monoisotopic (exact) mass is 262 g/mol. The number of nitrogens with two attached hydrogens (primary N) is 1. The summed E-state index contributed by atoms with van der Waals surface area (Å²) in [6.45, 7) is 3.40. The Bertz CT molecular complexity index is 499. The Hall–Kier alpha value is -2.24. The molecule has 0 saturated heterocycles. The first-order valence-electron chi connectivity index (χ1n) is 6.31. The molecular formula is C13H18N4O2. The van der Waals surface area contributed by atoms with E-state index in [9.17, 15) is 0 Å². The van der Waals surface area contributed by atoms with E-state index in [1.54, 1.807) is 0 Å². The van der Waals surface area contributed by atoms with Gasteiger partial charge in [0.25, 0.3) is 0 Å². The average Bonchev–Trinajstić information content (AvgIpc) is 2.92. The minimum Gasteiger partial charge on any atom is -0.491 e. The molecule has 0 fully saturated rings. The van der Waals surface area contributed by atoms with Gasteiger partial charge in [0.15, 0.2) is 5.82 Å². The van der Waals surface area contributed by atoms with E-state index in [0.29, 0.717) is 36.8 Å². The van der Waals surface area contributed by atoms with Crippen molar-refractivity contribution in [1.82, 2.24) is 10.1 Å². The molecule has 0 radical (unpaired) electrons. The topological polar surface area (TPSA) is 86.2 Å². The number of nitrogens with one attached hydrogen (secondary N) is 1. The van der Waals surface area contributed by atoms with E-state index in [-0.39, 0.29) is 0 Å². The molecule has 19 heavy (non-hydrogen) atoms. The second kappa shape index (κ2) is 6.63. The third-order valence-corrected chi connectivity index (χ3v) is 2.60. The van der Waals surface area contributed by atoms with Gasteiger partial charge >= 0.3 is 0 Å². The van der Waals surface area contributed by atoms with Crippen LogP contribution in [0.4, 0.5) is 11.4 Å². The van der Waals surface area contributed by atoms with E-state index >= 15 is 0 Å². The summed E-state index contributed by atoms with van der Waals surface area (Å²) in [5.74, 6) is 1.39. The van der Waals surface area contributed by atoms with Gasteiger partial charge in [0, 0.05) is 13.0 Å². The fourth-order valence-corrected chi connectivity index (χ4v) is 1.65. The van der Waals surface area contributed by atoms with E-state index in [4.69, 9.17) is 10.5 Å². The van der Waals surface area contributed by atoms with E-state index < -0.39 is 0 Å². The molecule has 6 heteroatoms. The molecule has 0 amide bonds. The second-order valence-electron chi connectivity index (χ2n) is 4.09. The van der Waals surface area contributed by atoms with Gasteiger partial charge < -0.3 is 20.3 Å². The fourth-order valence-electron chi connectivity index (χ4n) is 1.65. The number of nitrogen functional groups attached to an aromatic ring is 1. The maximum atomic E-state index is 6.05. The summed E-state index contributed by atoms with van der Waals surface area (Å²) in [6.07, 6.45) is 2.95. The summed E-state index contributed by atoms with van der Waals surface area (Å²) < 4.78 is 10.2. The van der Waals surface area contributed by atoms with E-state index in [0.717, 1.165) is 12.1 Å². The number of aromatic nitrogens is 2. The Morgan fingerprint density at radius 3 is 3.05 bits per heavy atom. The molecule has 6 nitrogen and oxygen atoms in total. The predicted octanol–water partition coefficient (Wildman–Crippen LogP) is 2.10. The molecule has 102 valence electrons. The molecule has 1 aromatic heterocycles. The highest BCUT2D eigenvalue weighted by molar-refractivity contribution is 5.72. The minimum atomic E-state index is 0.629. The molecule has 2 rings (SSSR count). The molecule has 1 heterocycles. The van der Waals surface area contributed by atoms with E-state index in [1.165, 1.54) is 6.39 Å². The van der Waals surface area contributed by atoms with Crippen LogP contribution >= 0.6 is 0 Å². The van der Waals surface area contributed by atoms with Gasteiger partial charge in [0.2, 0.25) is 6.39 Å². The van der Waals surface area contributed by atoms with Crippen molar-refractivity contribution in [2.24, 2.45) is 0 Å². The summed E-state index contributed by atoms with van der Waals surface area (Å²) in [5, 5.41) is 6.99. The lowest BCUT2D eigenvalue weighted by atomic mass is 10.2. The first-order valence-corrected chi connectivity index (χ1v) is 6.31. The zero-order valence-electron chi connectivity index (χ0n) is 10.9. The maximum Gasteiger partial charge on any atom is 0.213 e. The molecular weight excluding hydrogens is 244 g/mol. The van der Waals surface area contributed by atoms with Crippen LogP contribution in [-0.4, -0.2) is 23.3 Å². The van der Waals surface area contributed by atoms with Crippen molar-refractivity contribution in [2.45, 2.75) is 19.8 Å². The van der Waals surface area contributed by atoms with Crippen LogP contribution in [0.25, 0.3) is 0 Å². The number of nitrogens with zero attached hydrogens (tertiary/aromatic N) is 2. The molecule has 0 aliphatic carbocycles. The van der Waals surface area contributed by atoms with Gasteiger partial charge in [-0.1, -0.05) is 18.1 Å². The molecule has 0 aliphatic rings. The smallest absolute Gasteiger partial charge is 0.213 e. The van der Waals surface area contributed by atoms with Gasteiger partial charge in [-0.05, 0) is 18.6 Å². The van der Waals surface area contributed by atoms with Crippen molar-refractivity contribution < 1.29 is 9.26 Å². The Balaban J connectivity index is 1.92. The Kier molecular flexibility index (Phi) is 4.60. The number of benzene rings is 1. The molecule has 0 bridgehead atoms. The number of anilines is 2. The van der Waals surface area contributed by atoms with Gasteiger partial charge in [-0.3, -0.25) is 0 Å². The number of ether oxygens (including phenoxy) is 1. The SMILES string of the molecule is CCCOc1cccc(NCCc2ncon2)c1N. The highest BCUT2D eigenvalue weighted by Crippen LogP contribution is 2.29. The summed E-state index contributed by atoms with van der Waals surface area (Å²) in [4.78, 5) is 3.95. The van der Waals surface area contributed by atoms with Gasteiger partial charge in [-0.15, -0.1) is 0 Å². The molecule has 3 N–H and O–H groups in total. The zero-order chi connectivity index (χ0) is 13.5. The third-order valence-electron chi connectivity index (χ3n) is 2.60. The van der Waals surface area contributed by atoms with Crippen LogP contribution in [0, 0.1) is 0 Å². The van der Waals surface area contributed by atoms with E-state index in [2.05, 4.69) is 26.9 Å². The summed E-state index contributed by atoms with van der Waals surface area (Å²) in [7, 11) is 0. The Morgan fingerprint density at radius 1 is 1.42 bits per heavy atom. The predicted molar refractivity (Wildman–Crippen MR) is 73.1 cm³/mol. The van der Waals surface area contributed by atoms with Crippen LogP contribution in [0.1, 0.15) is 19.2 Å². The first-order chi connectivity index (χ1) is 9.31. The van der Waals surface area contributed by atoms with Crippen molar-refractivity contribution in [1.29, 1.82) is 0 Å². The Morgan fingerprint density at radius 2 is 2.32 bits per heavy atom. The number of para-hydroxylation sites is 1. The van der Waals surface area contributed by atoms with Crippen molar-refractivity contribution in [3.63, 3.8) is 0 Å². The van der Waals surface area contributed by atoms with Crippen LogP contribution in [0.15, 0.2) is 29.1 Å². The third kappa shape index (κ3) is 3.61. The van der Waals surface area contributed by atoms with Crippen molar-refractivity contribution in [2.75, 3.05) is 24.2 Å². The lowest BCUT2D eigenvalue weighted by Gasteiger charge is -2.13. The number of hydrogen-bond donors (Lipinski definition) is 2. The highest BCUT2D eigenvalue weighted by atomic mass is 16.5. The van der Waals surface area contributed by atoms with Crippen molar-refractivity contribution in [3.8, 4) is 5.75 Å². The van der Waals surface area contributed by atoms with Crippen LogP contribution < -0.4 is 15.8 Å². The normalized spacial score (nSPS) is 10.4. The molecule has 0 atom stereocenters. The number of rotatable bonds is 7. The van der Waals surface area contributed by atoms with Gasteiger partial charge in [-0.25, -0.2) is 0 Å². The van der Waals surface area contributed by atoms with E-state index in [1.807, 2.05) is 18.2 Å². The quantitative estimate of drug-likeness (QED) is 0.743. The summed E-state index contributed by atoms with van der Waals surface area (Å²) >= 11 is 0. The summed E-state index contributed by atoms with van der Waals surface area (Å²) in [6, 6.07) is 5.71. The fraction of sp³-hybridized carbons (Fsp3) is 0.385. The van der Waals surface area contributed by atoms with Crippen LogP contribution in [-0.2, 0) is 6.42 Å². The molecule has 0 saturated carbocycles. The lowest BCUT2D eigenvalue weighted by Crippen LogP contribution is -2.09. The molecule has 0 unspecified atom stereocenters. The highest BCUT2D eigenvalue weighted by Gasteiger charge is 2.06. The first kappa shape index (κ1) is 13.2. The largest absolute Gasteiger partial charge is 0.491 e. The Labute approximate surface area is 112 Å². The second-order valence-corrected chi connectivity index (χ2v) is 4.09. The van der Waals surface area contributed by atoms with Gasteiger partial charge in [0.05, 0.1) is 18.0 Å². The van der Waals surface area contributed by atoms with Crippen molar-refractivity contribution >= 4 is 11.4 Å². The molecule has 1 aromatic carbocycles. The maximum absolute atomic E-state index is 6.05.